The van der Waals surface area contributed by atoms with Gasteiger partial charge in [0.25, 0.3) is 11.8 Å². The first-order valence-electron chi connectivity index (χ1n) is 11.5. The number of benzene rings is 1. The van der Waals surface area contributed by atoms with Gasteiger partial charge in [-0.15, -0.1) is 11.3 Å². The van der Waals surface area contributed by atoms with E-state index >= 15 is 0 Å². The topological polar surface area (TPSA) is 120 Å². The van der Waals surface area contributed by atoms with E-state index in [1.165, 1.54) is 11.3 Å². The summed E-state index contributed by atoms with van der Waals surface area (Å²) in [7, 11) is 0. The number of phenols is 1. The van der Waals surface area contributed by atoms with Gasteiger partial charge in [-0.2, -0.15) is 5.10 Å². The maximum atomic E-state index is 13.2. The number of phenolic OH excluding ortho intramolecular Hbond substituents is 1. The van der Waals surface area contributed by atoms with Gasteiger partial charge in [-0.3, -0.25) is 14.7 Å². The Morgan fingerprint density at radius 2 is 2.00 bits per heavy atom. The van der Waals surface area contributed by atoms with E-state index in [2.05, 4.69) is 20.8 Å². The van der Waals surface area contributed by atoms with Crippen molar-refractivity contribution in [1.82, 2.24) is 15.5 Å². The van der Waals surface area contributed by atoms with Gasteiger partial charge in [0, 0.05) is 10.4 Å². The second kappa shape index (κ2) is 9.42. The minimum atomic E-state index is -0.397. The number of nitrogens with one attached hydrogen (secondary N) is 3. The number of aryl methyl sites for hydroxylation is 3. The maximum absolute atomic E-state index is 13.2. The maximum Gasteiger partial charge on any atom is 0.274 e. The van der Waals surface area contributed by atoms with Crippen molar-refractivity contribution >= 4 is 28.2 Å². The summed E-state index contributed by atoms with van der Waals surface area (Å²) in [6.45, 7) is 4.07. The predicted molar refractivity (Wildman–Crippen MR) is 134 cm³/mol. The molecule has 3 aromatic heterocycles. The predicted octanol–water partition coefficient (Wildman–Crippen LogP) is 5.11. The van der Waals surface area contributed by atoms with Crippen LogP contribution in [0.25, 0.3) is 11.3 Å². The third-order valence-corrected chi connectivity index (χ3v) is 7.37. The summed E-state index contributed by atoms with van der Waals surface area (Å²) in [6.07, 6.45) is 5.35. The number of aromatic hydroxyl groups is 1. The Bertz CT molecular complexity index is 1380. The highest BCUT2D eigenvalue weighted by Crippen LogP contribution is 2.39. The van der Waals surface area contributed by atoms with Crippen molar-refractivity contribution in [3.05, 3.63) is 75.2 Å². The number of aromatic nitrogens is 2. The van der Waals surface area contributed by atoms with Crippen molar-refractivity contribution in [3.8, 4) is 17.0 Å². The zero-order valence-electron chi connectivity index (χ0n) is 19.5. The standard InChI is InChI=1S/C26H26N4O4S/c1-14-10-15(2)22(20(31)11-14)18-12-19(30-29-18)24(32)28-26-23(17-7-3-4-8-21(17)35-26)25(33)27-13-16-6-5-9-34-16/h5-6,9-12,31H,3-4,7-8,13H2,1-2H3,(H,27,33)(H,28,32)(H,29,30). The second-order valence-corrected chi connectivity index (χ2v) is 9.88. The molecule has 3 heterocycles. The zero-order valence-corrected chi connectivity index (χ0v) is 20.3. The average Bonchev–Trinajstić information content (AvgIpc) is 3.56. The third-order valence-electron chi connectivity index (χ3n) is 6.17. The largest absolute Gasteiger partial charge is 0.507 e. The number of carbonyl (C=O) groups is 2. The number of thiophene rings is 1. The minimum absolute atomic E-state index is 0.113. The van der Waals surface area contributed by atoms with E-state index in [9.17, 15) is 14.7 Å². The molecule has 0 aliphatic heterocycles. The first-order valence-corrected chi connectivity index (χ1v) is 12.3. The Morgan fingerprint density at radius 3 is 2.77 bits per heavy atom. The van der Waals surface area contributed by atoms with E-state index in [1.54, 1.807) is 30.5 Å². The molecule has 0 fully saturated rings. The van der Waals surface area contributed by atoms with Gasteiger partial charge in [-0.25, -0.2) is 0 Å². The van der Waals surface area contributed by atoms with Crippen LogP contribution in [0.15, 0.2) is 41.0 Å². The normalized spacial score (nSPS) is 12.9. The minimum Gasteiger partial charge on any atom is -0.507 e. The van der Waals surface area contributed by atoms with Crippen LogP contribution in [-0.2, 0) is 19.4 Å². The van der Waals surface area contributed by atoms with E-state index in [1.807, 2.05) is 19.9 Å². The van der Waals surface area contributed by atoms with E-state index in [4.69, 9.17) is 4.42 Å². The SMILES string of the molecule is Cc1cc(C)c(-c2cc(C(=O)Nc3sc4c(c3C(=O)NCc3ccco3)CCCC4)[nH]n2)c(O)c1. The average molecular weight is 491 g/mol. The van der Waals surface area contributed by atoms with E-state index in [-0.39, 0.29) is 23.9 Å². The molecule has 0 saturated carbocycles. The highest BCUT2D eigenvalue weighted by Gasteiger charge is 2.27. The fourth-order valence-electron chi connectivity index (χ4n) is 4.58. The summed E-state index contributed by atoms with van der Waals surface area (Å²) in [4.78, 5) is 27.4. The summed E-state index contributed by atoms with van der Waals surface area (Å²) in [5.41, 5.74) is 4.64. The van der Waals surface area contributed by atoms with Gasteiger partial charge in [0.1, 0.15) is 22.2 Å². The molecule has 2 amide bonds. The number of hydrogen-bond acceptors (Lipinski definition) is 6. The number of H-pyrrole nitrogens is 1. The number of anilines is 1. The number of amides is 2. The molecule has 9 heteroatoms. The Labute approximate surface area is 206 Å². The van der Waals surface area contributed by atoms with Crippen molar-refractivity contribution in [1.29, 1.82) is 0 Å². The van der Waals surface area contributed by atoms with Gasteiger partial charge in [0.05, 0.1) is 24.1 Å². The summed E-state index contributed by atoms with van der Waals surface area (Å²) in [5.74, 6) is 0.142. The summed E-state index contributed by atoms with van der Waals surface area (Å²) < 4.78 is 5.32. The Balaban J connectivity index is 1.40. The smallest absolute Gasteiger partial charge is 0.274 e. The fraction of sp³-hybridized carbons (Fsp3) is 0.269. The summed E-state index contributed by atoms with van der Waals surface area (Å²) in [5, 5.41) is 23.8. The van der Waals surface area contributed by atoms with Crippen molar-refractivity contribution in [2.24, 2.45) is 0 Å². The highest BCUT2D eigenvalue weighted by molar-refractivity contribution is 7.17. The lowest BCUT2D eigenvalue weighted by Gasteiger charge is -2.13. The number of carbonyl (C=O) groups excluding carboxylic acids is 2. The van der Waals surface area contributed by atoms with Crippen molar-refractivity contribution < 1.29 is 19.1 Å². The molecule has 1 aliphatic carbocycles. The van der Waals surface area contributed by atoms with Crippen LogP contribution in [0.2, 0.25) is 0 Å². The molecule has 180 valence electrons. The molecule has 4 aromatic rings. The Kier molecular flexibility index (Phi) is 6.17. The molecule has 5 rings (SSSR count). The van der Waals surface area contributed by atoms with Crippen LogP contribution in [0.3, 0.4) is 0 Å². The zero-order chi connectivity index (χ0) is 24.5. The van der Waals surface area contributed by atoms with E-state index < -0.39 is 5.91 Å². The van der Waals surface area contributed by atoms with Crippen LogP contribution in [0.4, 0.5) is 5.00 Å². The van der Waals surface area contributed by atoms with Crippen LogP contribution < -0.4 is 10.6 Å². The van der Waals surface area contributed by atoms with Gasteiger partial charge < -0.3 is 20.2 Å². The van der Waals surface area contributed by atoms with Gasteiger partial charge in [0.15, 0.2) is 0 Å². The lowest BCUT2D eigenvalue weighted by Crippen LogP contribution is -2.25. The molecule has 0 radical (unpaired) electrons. The third kappa shape index (κ3) is 4.59. The number of rotatable bonds is 6. The van der Waals surface area contributed by atoms with Gasteiger partial charge in [-0.05, 0) is 80.5 Å². The molecule has 1 aliphatic rings. The van der Waals surface area contributed by atoms with Crippen LogP contribution in [-0.4, -0.2) is 27.1 Å². The molecule has 35 heavy (non-hydrogen) atoms. The quantitative estimate of drug-likeness (QED) is 0.299. The fourth-order valence-corrected chi connectivity index (χ4v) is 5.86. The molecule has 0 unspecified atom stereocenters. The number of fused-ring (bicyclic) bond motifs is 1. The van der Waals surface area contributed by atoms with Crippen molar-refractivity contribution in [2.75, 3.05) is 5.32 Å². The lowest BCUT2D eigenvalue weighted by molar-refractivity contribution is 0.0948. The molecule has 1 aromatic carbocycles. The van der Waals surface area contributed by atoms with Crippen LogP contribution in [0.1, 0.15) is 61.0 Å². The first-order chi connectivity index (χ1) is 16.9. The number of furan rings is 1. The van der Waals surface area contributed by atoms with Crippen molar-refractivity contribution in [3.63, 3.8) is 0 Å². The summed E-state index contributed by atoms with van der Waals surface area (Å²) in [6, 6.07) is 8.80. The van der Waals surface area contributed by atoms with Crippen LogP contribution >= 0.6 is 11.3 Å². The van der Waals surface area contributed by atoms with Crippen LogP contribution in [0, 0.1) is 13.8 Å². The van der Waals surface area contributed by atoms with Crippen molar-refractivity contribution in [2.45, 2.75) is 46.1 Å². The summed E-state index contributed by atoms with van der Waals surface area (Å²) >= 11 is 1.46. The molecular formula is C26H26N4O4S. The molecule has 8 nitrogen and oxygen atoms in total. The van der Waals surface area contributed by atoms with Gasteiger partial charge >= 0.3 is 0 Å². The van der Waals surface area contributed by atoms with Crippen LogP contribution in [0.5, 0.6) is 5.75 Å². The van der Waals surface area contributed by atoms with Gasteiger partial charge in [-0.1, -0.05) is 6.07 Å². The second-order valence-electron chi connectivity index (χ2n) is 8.77. The highest BCUT2D eigenvalue weighted by atomic mass is 32.1. The number of hydrogen-bond donors (Lipinski definition) is 4. The molecule has 0 spiro atoms. The monoisotopic (exact) mass is 490 g/mol. The molecular weight excluding hydrogens is 464 g/mol. The molecule has 0 atom stereocenters. The van der Waals surface area contributed by atoms with E-state index in [0.29, 0.717) is 27.6 Å². The Hall–Kier alpha value is -3.85. The Morgan fingerprint density at radius 1 is 1.17 bits per heavy atom. The number of nitrogens with zero attached hydrogens (tertiary/aromatic N) is 1. The van der Waals surface area contributed by atoms with E-state index in [0.717, 1.165) is 47.3 Å². The molecule has 4 N–H and O–H groups in total. The molecule has 0 saturated heterocycles. The molecule has 0 bridgehead atoms. The van der Waals surface area contributed by atoms with Gasteiger partial charge in [0.2, 0.25) is 0 Å². The first kappa shape index (κ1) is 22.9. The number of aromatic amines is 1. The lowest BCUT2D eigenvalue weighted by atomic mass is 9.95.